The Kier molecular flexibility index (Phi) is 6.29. The summed E-state index contributed by atoms with van der Waals surface area (Å²) >= 11 is 0. The van der Waals surface area contributed by atoms with E-state index in [9.17, 15) is 4.79 Å². The van der Waals surface area contributed by atoms with E-state index in [2.05, 4.69) is 33.6 Å². The summed E-state index contributed by atoms with van der Waals surface area (Å²) in [5, 5.41) is 6.08. The van der Waals surface area contributed by atoms with E-state index in [1.54, 1.807) is 31.5 Å². The number of aromatic nitrogens is 2. The van der Waals surface area contributed by atoms with Crippen molar-refractivity contribution in [2.75, 3.05) is 24.9 Å². The second-order valence-electron chi connectivity index (χ2n) is 6.39. The molecule has 0 aliphatic carbocycles. The lowest BCUT2D eigenvalue weighted by molar-refractivity contribution is 0.102. The van der Waals surface area contributed by atoms with Crippen LogP contribution in [0.1, 0.15) is 28.5 Å². The van der Waals surface area contributed by atoms with E-state index in [-0.39, 0.29) is 11.6 Å². The Morgan fingerprint density at radius 2 is 1.90 bits per heavy atom. The molecule has 0 bridgehead atoms. The summed E-state index contributed by atoms with van der Waals surface area (Å²) in [6.45, 7) is 4.14. The minimum Gasteiger partial charge on any atom is -0.497 e. The van der Waals surface area contributed by atoms with Crippen LogP contribution in [-0.2, 0) is 6.42 Å². The number of amides is 1. The summed E-state index contributed by atoms with van der Waals surface area (Å²) in [4.78, 5) is 21.2. The van der Waals surface area contributed by atoms with Crippen molar-refractivity contribution in [3.8, 4) is 11.5 Å². The van der Waals surface area contributed by atoms with Crippen LogP contribution >= 0.6 is 0 Å². The zero-order chi connectivity index (χ0) is 20.8. The summed E-state index contributed by atoms with van der Waals surface area (Å²) in [5.74, 6) is 1.32. The Balaban J connectivity index is 1.76. The summed E-state index contributed by atoms with van der Waals surface area (Å²) in [5.41, 5.74) is 4.02. The van der Waals surface area contributed by atoms with Crippen LogP contribution in [0.2, 0.25) is 0 Å². The molecule has 0 radical (unpaired) electrons. The molecule has 150 valence electrons. The first-order valence-electron chi connectivity index (χ1n) is 9.26. The molecule has 7 nitrogen and oxygen atoms in total. The lowest BCUT2D eigenvalue weighted by Gasteiger charge is -2.14. The fourth-order valence-corrected chi connectivity index (χ4v) is 2.94. The molecule has 1 aromatic heterocycles. The number of nitrogens with one attached hydrogen (secondary N) is 2. The van der Waals surface area contributed by atoms with E-state index in [4.69, 9.17) is 9.47 Å². The molecule has 3 aromatic rings. The number of hydrogen-bond donors (Lipinski definition) is 2. The maximum Gasteiger partial charge on any atom is 0.275 e. The van der Waals surface area contributed by atoms with Gasteiger partial charge in [0.15, 0.2) is 0 Å². The number of anilines is 3. The van der Waals surface area contributed by atoms with Gasteiger partial charge in [-0.05, 0) is 36.6 Å². The van der Waals surface area contributed by atoms with Crippen LogP contribution in [0.4, 0.5) is 17.2 Å². The van der Waals surface area contributed by atoms with E-state index in [1.807, 2.05) is 19.1 Å². The number of carbonyl (C=O) groups excluding carboxylic acids is 1. The topological polar surface area (TPSA) is 85.4 Å². The van der Waals surface area contributed by atoms with E-state index < -0.39 is 0 Å². The van der Waals surface area contributed by atoms with Crippen LogP contribution in [0.3, 0.4) is 0 Å². The van der Waals surface area contributed by atoms with Crippen LogP contribution in [-0.4, -0.2) is 30.1 Å². The highest BCUT2D eigenvalue weighted by Gasteiger charge is 2.13. The number of rotatable bonds is 7. The maximum atomic E-state index is 12.6. The van der Waals surface area contributed by atoms with Crippen LogP contribution in [0.25, 0.3) is 0 Å². The number of methoxy groups -OCH3 is 2. The molecule has 0 atom stereocenters. The zero-order valence-corrected chi connectivity index (χ0v) is 16.9. The molecular formula is C22H24N4O3. The lowest BCUT2D eigenvalue weighted by Crippen LogP contribution is -2.15. The molecule has 1 heterocycles. The van der Waals surface area contributed by atoms with Gasteiger partial charge in [-0.25, -0.2) is 9.97 Å². The fourth-order valence-electron chi connectivity index (χ4n) is 2.94. The van der Waals surface area contributed by atoms with Gasteiger partial charge in [0.25, 0.3) is 5.91 Å². The number of aryl methyl sites for hydroxylation is 2. The van der Waals surface area contributed by atoms with Gasteiger partial charge in [-0.1, -0.05) is 25.1 Å². The van der Waals surface area contributed by atoms with E-state index in [0.29, 0.717) is 23.0 Å². The molecule has 0 saturated carbocycles. The smallest absolute Gasteiger partial charge is 0.275 e. The van der Waals surface area contributed by atoms with E-state index in [0.717, 1.165) is 17.7 Å². The minimum atomic E-state index is -0.388. The maximum absolute atomic E-state index is 12.6. The first kappa shape index (κ1) is 20.1. The number of ether oxygens (including phenoxy) is 2. The van der Waals surface area contributed by atoms with Gasteiger partial charge < -0.3 is 20.1 Å². The van der Waals surface area contributed by atoms with Gasteiger partial charge in [0.2, 0.25) is 0 Å². The monoisotopic (exact) mass is 392 g/mol. The highest BCUT2D eigenvalue weighted by molar-refractivity contribution is 6.03. The Morgan fingerprint density at radius 1 is 1.07 bits per heavy atom. The van der Waals surface area contributed by atoms with Gasteiger partial charge in [-0.15, -0.1) is 0 Å². The van der Waals surface area contributed by atoms with Gasteiger partial charge in [-0.2, -0.15) is 0 Å². The average Bonchev–Trinajstić information content (AvgIpc) is 2.75. The van der Waals surface area contributed by atoms with Gasteiger partial charge in [0.1, 0.15) is 23.0 Å². The molecule has 0 fully saturated rings. The van der Waals surface area contributed by atoms with Gasteiger partial charge in [-0.3, -0.25) is 4.79 Å². The van der Waals surface area contributed by atoms with Crippen molar-refractivity contribution >= 4 is 23.1 Å². The normalized spacial score (nSPS) is 10.3. The second kappa shape index (κ2) is 9.05. The molecule has 7 heteroatoms. The third-order valence-corrected chi connectivity index (χ3v) is 4.53. The average molecular weight is 392 g/mol. The predicted octanol–water partition coefficient (Wildman–Crippen LogP) is 4.36. The molecule has 0 saturated heterocycles. The second-order valence-corrected chi connectivity index (χ2v) is 6.39. The van der Waals surface area contributed by atoms with Crippen molar-refractivity contribution in [1.82, 2.24) is 9.97 Å². The standard InChI is InChI=1S/C22H24N4O3/c1-5-15-8-6-7-14(2)21(15)26-20-13-23-18(12-24-20)22(27)25-17-11-16(28-3)9-10-19(17)29-4/h6-13H,5H2,1-4H3,(H,24,26)(H,25,27). The Morgan fingerprint density at radius 3 is 2.55 bits per heavy atom. The SMILES string of the molecule is CCc1cccc(C)c1Nc1cnc(C(=O)Nc2cc(OC)ccc2OC)cn1. The third kappa shape index (κ3) is 4.63. The molecule has 2 N–H and O–H groups in total. The number of para-hydroxylation sites is 1. The molecule has 0 aliphatic rings. The molecule has 3 rings (SSSR count). The van der Waals surface area contributed by atoms with Crippen molar-refractivity contribution in [1.29, 1.82) is 0 Å². The van der Waals surface area contributed by atoms with Gasteiger partial charge in [0, 0.05) is 11.8 Å². The number of nitrogens with zero attached hydrogens (tertiary/aromatic N) is 2. The van der Waals surface area contributed by atoms with Crippen molar-refractivity contribution < 1.29 is 14.3 Å². The molecule has 2 aromatic carbocycles. The first-order valence-corrected chi connectivity index (χ1v) is 9.26. The van der Waals surface area contributed by atoms with Gasteiger partial charge >= 0.3 is 0 Å². The molecule has 1 amide bonds. The summed E-state index contributed by atoms with van der Waals surface area (Å²) in [7, 11) is 3.09. The third-order valence-electron chi connectivity index (χ3n) is 4.53. The van der Waals surface area contributed by atoms with Crippen molar-refractivity contribution in [3.63, 3.8) is 0 Å². The highest BCUT2D eigenvalue weighted by Crippen LogP contribution is 2.29. The molecule has 0 unspecified atom stereocenters. The number of benzene rings is 2. The molecular weight excluding hydrogens is 368 g/mol. The zero-order valence-electron chi connectivity index (χ0n) is 16.9. The Hall–Kier alpha value is -3.61. The molecule has 0 aliphatic heterocycles. The van der Waals surface area contributed by atoms with Crippen molar-refractivity contribution in [2.45, 2.75) is 20.3 Å². The Labute approximate surface area is 170 Å². The largest absolute Gasteiger partial charge is 0.497 e. The van der Waals surface area contributed by atoms with E-state index >= 15 is 0 Å². The van der Waals surface area contributed by atoms with Crippen LogP contribution < -0.4 is 20.1 Å². The van der Waals surface area contributed by atoms with Crippen molar-refractivity contribution in [2.24, 2.45) is 0 Å². The fraction of sp³-hybridized carbons (Fsp3) is 0.227. The quantitative estimate of drug-likeness (QED) is 0.621. The van der Waals surface area contributed by atoms with Crippen LogP contribution in [0.5, 0.6) is 11.5 Å². The predicted molar refractivity (Wildman–Crippen MR) is 113 cm³/mol. The Bertz CT molecular complexity index is 1000. The van der Waals surface area contributed by atoms with Crippen LogP contribution in [0, 0.1) is 6.92 Å². The highest BCUT2D eigenvalue weighted by atomic mass is 16.5. The van der Waals surface area contributed by atoms with Gasteiger partial charge in [0.05, 0.1) is 32.3 Å². The number of carbonyl (C=O) groups is 1. The summed E-state index contributed by atoms with van der Waals surface area (Å²) in [6.07, 6.45) is 3.89. The molecule has 29 heavy (non-hydrogen) atoms. The summed E-state index contributed by atoms with van der Waals surface area (Å²) in [6, 6.07) is 11.3. The van der Waals surface area contributed by atoms with Crippen molar-refractivity contribution in [3.05, 3.63) is 65.6 Å². The van der Waals surface area contributed by atoms with E-state index in [1.165, 1.54) is 18.9 Å². The summed E-state index contributed by atoms with van der Waals surface area (Å²) < 4.78 is 10.5. The number of hydrogen-bond acceptors (Lipinski definition) is 6. The first-order chi connectivity index (χ1) is 14.0. The molecule has 0 spiro atoms. The van der Waals surface area contributed by atoms with Crippen LogP contribution in [0.15, 0.2) is 48.8 Å². The lowest BCUT2D eigenvalue weighted by atomic mass is 10.1. The minimum absolute atomic E-state index is 0.195.